The van der Waals surface area contributed by atoms with E-state index in [0.29, 0.717) is 49.1 Å². The van der Waals surface area contributed by atoms with E-state index < -0.39 is 0 Å². The van der Waals surface area contributed by atoms with Crippen molar-refractivity contribution in [3.8, 4) is 23.0 Å². The van der Waals surface area contributed by atoms with Crippen molar-refractivity contribution in [1.29, 1.82) is 0 Å². The molecule has 2 aromatic rings. The van der Waals surface area contributed by atoms with Crippen LogP contribution in [0.4, 0.5) is 0 Å². The van der Waals surface area contributed by atoms with Gasteiger partial charge in [0.15, 0.2) is 23.0 Å². The van der Waals surface area contributed by atoms with Gasteiger partial charge in [0.1, 0.15) is 0 Å². The monoisotopic (exact) mass is 554 g/mol. The molecule has 0 unspecified atom stereocenters. The fourth-order valence-corrected chi connectivity index (χ4v) is 3.83. The maximum absolute atomic E-state index is 12.0. The van der Waals surface area contributed by atoms with Crippen LogP contribution in [0, 0.1) is 0 Å². The van der Waals surface area contributed by atoms with E-state index in [9.17, 15) is 9.59 Å². The molecule has 2 aromatic carbocycles. The van der Waals surface area contributed by atoms with Crippen molar-refractivity contribution in [1.82, 2.24) is 10.9 Å². The Morgan fingerprint density at radius 2 is 1.05 bits per heavy atom. The highest BCUT2D eigenvalue weighted by Gasteiger charge is 2.06. The summed E-state index contributed by atoms with van der Waals surface area (Å²) < 4.78 is 21.6. The van der Waals surface area contributed by atoms with Crippen molar-refractivity contribution in [3.63, 3.8) is 0 Å². The number of nitrogens with one attached hydrogen (secondary N) is 2. The molecule has 10 nitrogen and oxygen atoms in total. The topological polar surface area (TPSA) is 120 Å². The number of carbonyl (C=O) groups is 2. The molecule has 2 rings (SSSR count). The quantitative estimate of drug-likeness (QED) is 0.140. The van der Waals surface area contributed by atoms with E-state index in [1.165, 1.54) is 0 Å². The summed E-state index contributed by atoms with van der Waals surface area (Å²) in [7, 11) is 3.16. The number of hydrogen-bond acceptors (Lipinski definition) is 8. The molecule has 0 aliphatic heterocycles. The molecule has 218 valence electrons. The first-order chi connectivity index (χ1) is 19.5. The number of rotatable bonds is 19. The maximum Gasteiger partial charge on any atom is 0.240 e. The fraction of sp³-hybridized carbons (Fsp3) is 0.467. The number of hydrogen-bond donors (Lipinski definition) is 2. The van der Waals surface area contributed by atoms with Crippen LogP contribution < -0.4 is 29.8 Å². The fourth-order valence-electron chi connectivity index (χ4n) is 3.83. The molecule has 0 saturated carbocycles. The highest BCUT2D eigenvalue weighted by molar-refractivity contribution is 5.84. The van der Waals surface area contributed by atoms with E-state index in [1.807, 2.05) is 38.1 Å². The third-order valence-electron chi connectivity index (χ3n) is 5.84. The predicted molar refractivity (Wildman–Crippen MR) is 157 cm³/mol. The van der Waals surface area contributed by atoms with Gasteiger partial charge in [-0.1, -0.05) is 25.7 Å². The maximum atomic E-state index is 12.0. The van der Waals surface area contributed by atoms with E-state index >= 15 is 0 Å². The van der Waals surface area contributed by atoms with Gasteiger partial charge in [-0.25, -0.2) is 10.9 Å². The highest BCUT2D eigenvalue weighted by atomic mass is 16.5. The Balaban J connectivity index is 1.53. The number of nitrogens with zero attached hydrogens (tertiary/aromatic N) is 2. The third kappa shape index (κ3) is 12.2. The van der Waals surface area contributed by atoms with Gasteiger partial charge in [0.25, 0.3) is 0 Å². The van der Waals surface area contributed by atoms with Gasteiger partial charge in [0.05, 0.1) is 39.9 Å². The average molecular weight is 555 g/mol. The Bertz CT molecular complexity index is 1030. The first-order valence-corrected chi connectivity index (χ1v) is 13.8. The van der Waals surface area contributed by atoms with Crippen molar-refractivity contribution < 1.29 is 28.5 Å². The zero-order valence-corrected chi connectivity index (χ0v) is 24.0. The Morgan fingerprint density at radius 1 is 0.650 bits per heavy atom. The minimum Gasteiger partial charge on any atom is -0.493 e. The molecule has 2 amide bonds. The molecule has 0 fully saturated rings. The van der Waals surface area contributed by atoms with Crippen LogP contribution in [-0.4, -0.2) is 51.7 Å². The number of hydrazone groups is 2. The number of methoxy groups -OCH3 is 2. The van der Waals surface area contributed by atoms with Crippen LogP contribution in [0.5, 0.6) is 23.0 Å². The summed E-state index contributed by atoms with van der Waals surface area (Å²) in [5, 5.41) is 8.05. The summed E-state index contributed by atoms with van der Waals surface area (Å²) >= 11 is 0. The lowest BCUT2D eigenvalue weighted by atomic mass is 10.1. The van der Waals surface area contributed by atoms with Gasteiger partial charge in [-0.05, 0) is 74.2 Å². The van der Waals surface area contributed by atoms with Crippen LogP contribution in [0.2, 0.25) is 0 Å². The second kappa shape index (κ2) is 19.1. The van der Waals surface area contributed by atoms with Crippen molar-refractivity contribution >= 4 is 24.2 Å². The van der Waals surface area contributed by atoms with Gasteiger partial charge in [-0.15, -0.1) is 0 Å². The number of unbranched alkanes of at least 4 members (excludes halogenated alkanes) is 5. The van der Waals surface area contributed by atoms with E-state index in [4.69, 9.17) is 18.9 Å². The van der Waals surface area contributed by atoms with Crippen LogP contribution in [0.15, 0.2) is 46.6 Å². The highest BCUT2D eigenvalue weighted by Crippen LogP contribution is 2.28. The summed E-state index contributed by atoms with van der Waals surface area (Å²) in [4.78, 5) is 24.0. The number of amides is 2. The Labute approximate surface area is 237 Å². The smallest absolute Gasteiger partial charge is 0.240 e. The second-order valence-electron chi connectivity index (χ2n) is 8.89. The lowest BCUT2D eigenvalue weighted by molar-refractivity contribution is -0.122. The average Bonchev–Trinajstić information content (AvgIpc) is 2.96. The Morgan fingerprint density at radius 3 is 1.43 bits per heavy atom. The zero-order chi connectivity index (χ0) is 29.0. The van der Waals surface area contributed by atoms with E-state index in [2.05, 4.69) is 21.1 Å². The van der Waals surface area contributed by atoms with E-state index in [1.54, 1.807) is 38.8 Å². The molecule has 0 aliphatic rings. The summed E-state index contributed by atoms with van der Waals surface area (Å²) in [5.41, 5.74) is 6.73. The lowest BCUT2D eigenvalue weighted by Gasteiger charge is -2.09. The zero-order valence-electron chi connectivity index (χ0n) is 24.0. The molecule has 2 N–H and O–H groups in total. The molecule has 0 atom stereocenters. The molecule has 40 heavy (non-hydrogen) atoms. The Kier molecular flexibility index (Phi) is 15.3. The van der Waals surface area contributed by atoms with Crippen molar-refractivity contribution in [2.75, 3.05) is 27.4 Å². The number of ether oxygens (including phenoxy) is 4. The van der Waals surface area contributed by atoms with Crippen LogP contribution >= 0.6 is 0 Å². The van der Waals surface area contributed by atoms with Gasteiger partial charge in [-0.2, -0.15) is 10.2 Å². The van der Waals surface area contributed by atoms with Gasteiger partial charge < -0.3 is 18.9 Å². The standard InChI is InChI=1S/C30H42N4O6/c1-5-39-25-17-15-23(19-27(25)37-3)21-31-33-29(35)13-11-9-7-8-10-12-14-30(36)34-32-22-24-16-18-26(40-6-2)28(20-24)38-4/h15-22H,5-14H2,1-4H3,(H,33,35)(H,34,36)/b31-21-,32-22-. The van der Waals surface area contributed by atoms with Crippen LogP contribution in [0.1, 0.15) is 76.3 Å². The number of carbonyl (C=O) groups excluding carboxylic acids is 2. The van der Waals surface area contributed by atoms with Crippen molar-refractivity contribution in [3.05, 3.63) is 47.5 Å². The van der Waals surface area contributed by atoms with E-state index in [-0.39, 0.29) is 11.8 Å². The molecule has 0 radical (unpaired) electrons. The summed E-state index contributed by atoms with van der Waals surface area (Å²) in [6.45, 7) is 4.92. The summed E-state index contributed by atoms with van der Waals surface area (Å²) in [5.74, 6) is 2.34. The predicted octanol–water partition coefficient (Wildman–Crippen LogP) is 5.22. The van der Waals surface area contributed by atoms with Crippen molar-refractivity contribution in [2.45, 2.75) is 65.2 Å². The SMILES string of the molecule is CCOc1ccc(/C=N\NC(=O)CCCCCCCCC(=O)N/N=C\c2ccc(OCC)c(OC)c2)cc1OC. The minimum absolute atomic E-state index is 0.116. The first-order valence-electron chi connectivity index (χ1n) is 13.8. The molecule has 0 aromatic heterocycles. The molecule has 0 bridgehead atoms. The molecule has 0 heterocycles. The first kappa shape index (κ1) is 32.1. The van der Waals surface area contributed by atoms with Gasteiger partial charge in [0.2, 0.25) is 11.8 Å². The summed E-state index contributed by atoms with van der Waals surface area (Å²) in [6.07, 6.45) is 9.53. The molecule has 10 heteroatoms. The normalized spacial score (nSPS) is 11.0. The molecule has 0 saturated heterocycles. The van der Waals surface area contributed by atoms with Gasteiger partial charge in [-0.3, -0.25) is 9.59 Å². The van der Waals surface area contributed by atoms with Crippen LogP contribution in [-0.2, 0) is 9.59 Å². The summed E-state index contributed by atoms with van der Waals surface area (Å²) in [6, 6.07) is 10.9. The molecule has 0 spiro atoms. The van der Waals surface area contributed by atoms with Crippen LogP contribution in [0.25, 0.3) is 0 Å². The van der Waals surface area contributed by atoms with Gasteiger partial charge >= 0.3 is 0 Å². The number of benzene rings is 2. The second-order valence-corrected chi connectivity index (χ2v) is 8.89. The largest absolute Gasteiger partial charge is 0.493 e. The van der Waals surface area contributed by atoms with Crippen molar-refractivity contribution in [2.24, 2.45) is 10.2 Å². The lowest BCUT2D eigenvalue weighted by Crippen LogP contribution is -2.17. The molecular formula is C30H42N4O6. The van der Waals surface area contributed by atoms with Crippen LogP contribution in [0.3, 0.4) is 0 Å². The minimum atomic E-state index is -0.116. The van der Waals surface area contributed by atoms with E-state index in [0.717, 1.165) is 49.7 Å². The van der Waals surface area contributed by atoms with Gasteiger partial charge in [0, 0.05) is 12.8 Å². The third-order valence-corrected chi connectivity index (χ3v) is 5.84. The Hall–Kier alpha value is -4.08. The molecule has 0 aliphatic carbocycles. The molecular weight excluding hydrogens is 512 g/mol.